The molecule has 8 nitrogen and oxygen atoms in total. The minimum absolute atomic E-state index is 0.0703. The minimum atomic E-state index is -1.11. The van der Waals surface area contributed by atoms with Crippen molar-refractivity contribution < 1.29 is 19.1 Å². The zero-order chi connectivity index (χ0) is 21.5. The van der Waals surface area contributed by atoms with E-state index in [1.807, 2.05) is 18.2 Å². The van der Waals surface area contributed by atoms with E-state index in [-0.39, 0.29) is 23.0 Å². The van der Waals surface area contributed by atoms with E-state index < -0.39 is 18.0 Å². The summed E-state index contributed by atoms with van der Waals surface area (Å²) < 4.78 is 5.27. The van der Waals surface area contributed by atoms with Crippen molar-refractivity contribution in [2.24, 2.45) is 0 Å². The largest absolute Gasteiger partial charge is 0.449 e. The molecule has 2 aromatic carbocycles. The van der Waals surface area contributed by atoms with Crippen molar-refractivity contribution in [3.05, 3.63) is 84.2 Å². The van der Waals surface area contributed by atoms with Crippen LogP contribution in [0.25, 0.3) is 0 Å². The molecule has 1 aromatic heterocycles. The fraction of sp³-hybridized carbons (Fsp3) is 0.136. The fourth-order valence-electron chi connectivity index (χ4n) is 2.65. The van der Waals surface area contributed by atoms with Crippen LogP contribution in [0.3, 0.4) is 0 Å². The Bertz CT molecular complexity index is 1040. The number of ether oxygens (including phenoxy) is 1. The predicted molar refractivity (Wildman–Crippen MR) is 111 cm³/mol. The number of benzene rings is 2. The van der Waals surface area contributed by atoms with Crippen LogP contribution in [0.5, 0.6) is 0 Å². The van der Waals surface area contributed by atoms with Crippen molar-refractivity contribution in [1.29, 1.82) is 0 Å². The number of para-hydroxylation sites is 1. The highest BCUT2D eigenvalue weighted by atomic mass is 16.5. The van der Waals surface area contributed by atoms with Gasteiger partial charge in [-0.25, -0.2) is 14.8 Å². The van der Waals surface area contributed by atoms with Gasteiger partial charge in [0.1, 0.15) is 0 Å². The molecular weight excluding hydrogens is 384 g/mol. The molecule has 0 fully saturated rings. The van der Waals surface area contributed by atoms with E-state index in [0.717, 1.165) is 0 Å². The number of aromatic nitrogens is 2. The van der Waals surface area contributed by atoms with Gasteiger partial charge in [0.25, 0.3) is 11.8 Å². The summed E-state index contributed by atoms with van der Waals surface area (Å²) in [5.74, 6) is -1.63. The Morgan fingerprint density at radius 3 is 2.17 bits per heavy atom. The maximum absolute atomic E-state index is 13.0. The molecule has 0 aliphatic heterocycles. The van der Waals surface area contributed by atoms with Crippen LogP contribution in [-0.2, 0) is 9.53 Å². The highest BCUT2D eigenvalue weighted by Gasteiger charge is 2.25. The molecular formula is C22H20N4O4. The number of rotatable bonds is 6. The molecule has 152 valence electrons. The second-order valence-electron chi connectivity index (χ2n) is 6.35. The highest BCUT2D eigenvalue weighted by Crippen LogP contribution is 2.18. The topological polar surface area (TPSA) is 101 Å². The van der Waals surface area contributed by atoms with Crippen LogP contribution >= 0.6 is 0 Å². The van der Waals surface area contributed by atoms with Crippen molar-refractivity contribution in [1.82, 2.24) is 9.97 Å². The Balaban J connectivity index is 1.73. The van der Waals surface area contributed by atoms with Gasteiger partial charge in [-0.3, -0.25) is 14.9 Å². The summed E-state index contributed by atoms with van der Waals surface area (Å²) in [6.07, 6.45) is 1.84. The molecule has 0 saturated carbocycles. The molecule has 0 saturated heterocycles. The van der Waals surface area contributed by atoms with Crippen molar-refractivity contribution >= 4 is 29.4 Å². The van der Waals surface area contributed by atoms with E-state index in [4.69, 9.17) is 4.74 Å². The molecule has 0 radical (unpaired) electrons. The Morgan fingerprint density at radius 1 is 0.900 bits per heavy atom. The van der Waals surface area contributed by atoms with E-state index in [1.165, 1.54) is 30.3 Å². The van der Waals surface area contributed by atoms with Crippen LogP contribution in [0.1, 0.15) is 27.6 Å². The van der Waals surface area contributed by atoms with Gasteiger partial charge < -0.3 is 9.64 Å². The third kappa shape index (κ3) is 4.85. The first-order chi connectivity index (χ1) is 14.5. The Hall–Kier alpha value is -4.07. The number of amides is 2. The van der Waals surface area contributed by atoms with Crippen LogP contribution < -0.4 is 10.2 Å². The van der Waals surface area contributed by atoms with E-state index in [2.05, 4.69) is 15.3 Å². The molecule has 2 amide bonds. The molecule has 8 heteroatoms. The number of hydrogen-bond acceptors (Lipinski definition) is 6. The molecule has 0 spiro atoms. The average Bonchev–Trinajstić information content (AvgIpc) is 2.79. The van der Waals surface area contributed by atoms with Gasteiger partial charge in [-0.15, -0.1) is 0 Å². The zero-order valence-corrected chi connectivity index (χ0v) is 16.5. The lowest BCUT2D eigenvalue weighted by Crippen LogP contribution is -2.32. The van der Waals surface area contributed by atoms with Gasteiger partial charge >= 0.3 is 5.97 Å². The third-order valence-corrected chi connectivity index (χ3v) is 4.28. The van der Waals surface area contributed by atoms with E-state index in [9.17, 15) is 14.4 Å². The molecule has 0 bridgehead atoms. The maximum Gasteiger partial charge on any atom is 0.339 e. The summed E-state index contributed by atoms with van der Waals surface area (Å²) in [6.45, 7) is 1.43. The maximum atomic E-state index is 13.0. The van der Waals surface area contributed by atoms with Gasteiger partial charge in [0.05, 0.1) is 11.1 Å². The van der Waals surface area contributed by atoms with Gasteiger partial charge in [-0.05, 0) is 37.3 Å². The summed E-state index contributed by atoms with van der Waals surface area (Å²) in [7, 11) is 1.62. The van der Waals surface area contributed by atoms with Crippen LogP contribution in [0, 0.1) is 0 Å². The predicted octanol–water partition coefficient (Wildman–Crippen LogP) is 2.94. The van der Waals surface area contributed by atoms with E-state index >= 15 is 0 Å². The number of nitrogens with one attached hydrogen (secondary N) is 1. The first kappa shape index (κ1) is 20.7. The number of carbonyl (C=O) groups excluding carboxylic acids is 3. The molecule has 3 rings (SSSR count). The number of esters is 1. The normalized spacial score (nSPS) is 11.3. The van der Waals surface area contributed by atoms with Crippen molar-refractivity contribution in [2.75, 3.05) is 17.3 Å². The molecule has 1 N–H and O–H groups in total. The molecule has 0 aliphatic rings. The van der Waals surface area contributed by atoms with Gasteiger partial charge in [0.15, 0.2) is 6.10 Å². The van der Waals surface area contributed by atoms with Crippen LogP contribution in [0.2, 0.25) is 0 Å². The summed E-state index contributed by atoms with van der Waals surface area (Å²) >= 11 is 0. The van der Waals surface area contributed by atoms with E-state index in [0.29, 0.717) is 5.69 Å². The molecule has 1 unspecified atom stereocenters. The molecule has 3 aromatic rings. The van der Waals surface area contributed by atoms with Crippen molar-refractivity contribution in [3.63, 3.8) is 0 Å². The Kier molecular flexibility index (Phi) is 6.49. The third-order valence-electron chi connectivity index (χ3n) is 4.28. The van der Waals surface area contributed by atoms with Crippen LogP contribution in [-0.4, -0.2) is 40.9 Å². The smallest absolute Gasteiger partial charge is 0.339 e. The zero-order valence-electron chi connectivity index (χ0n) is 16.5. The number of anilines is 2. The van der Waals surface area contributed by atoms with Gasteiger partial charge in [0.2, 0.25) is 5.95 Å². The first-order valence-electron chi connectivity index (χ1n) is 9.18. The summed E-state index contributed by atoms with van der Waals surface area (Å²) in [6, 6.07) is 17.0. The summed E-state index contributed by atoms with van der Waals surface area (Å²) in [5, 5.41) is 2.46. The van der Waals surface area contributed by atoms with Gasteiger partial charge in [0, 0.05) is 25.1 Å². The van der Waals surface area contributed by atoms with E-state index in [1.54, 1.807) is 43.4 Å². The van der Waals surface area contributed by atoms with Gasteiger partial charge in [-0.2, -0.15) is 0 Å². The highest BCUT2D eigenvalue weighted by molar-refractivity contribution is 6.12. The lowest BCUT2D eigenvalue weighted by Gasteiger charge is -2.19. The second-order valence-corrected chi connectivity index (χ2v) is 6.35. The molecule has 0 aliphatic carbocycles. The lowest BCUT2D eigenvalue weighted by atomic mass is 10.1. The lowest BCUT2D eigenvalue weighted by molar-refractivity contribution is -0.123. The number of nitrogens with zero attached hydrogens (tertiary/aromatic N) is 3. The average molecular weight is 404 g/mol. The van der Waals surface area contributed by atoms with Gasteiger partial charge in [-0.1, -0.05) is 30.3 Å². The molecule has 1 heterocycles. The monoisotopic (exact) mass is 404 g/mol. The first-order valence-corrected chi connectivity index (χ1v) is 9.18. The Morgan fingerprint density at radius 2 is 1.50 bits per heavy atom. The van der Waals surface area contributed by atoms with Crippen molar-refractivity contribution in [2.45, 2.75) is 13.0 Å². The van der Waals surface area contributed by atoms with Crippen molar-refractivity contribution in [3.8, 4) is 0 Å². The Labute approximate surface area is 173 Å². The quantitative estimate of drug-likeness (QED) is 0.634. The van der Waals surface area contributed by atoms with Crippen LogP contribution in [0.15, 0.2) is 73.1 Å². The molecule has 1 atom stereocenters. The summed E-state index contributed by atoms with van der Waals surface area (Å²) in [5.41, 5.74) is 0.926. The SMILES string of the molecule is CC(OC(=O)c1ccccc1C(=O)N(C)c1ccccc1)C(=O)Nc1ncccn1. The number of carbonyl (C=O) groups is 3. The number of hydrogen-bond donors (Lipinski definition) is 1. The minimum Gasteiger partial charge on any atom is -0.449 e. The molecule has 30 heavy (non-hydrogen) atoms. The fourth-order valence-corrected chi connectivity index (χ4v) is 2.65. The summed E-state index contributed by atoms with van der Waals surface area (Å²) in [4.78, 5) is 47.1. The van der Waals surface area contributed by atoms with Crippen LogP contribution in [0.4, 0.5) is 11.6 Å². The standard InChI is InChI=1S/C22H20N4O4/c1-15(19(27)25-22-23-13-8-14-24-22)30-21(29)18-12-7-6-11-17(18)20(28)26(2)16-9-4-3-5-10-16/h3-15H,1-2H3,(H,23,24,25,27). The second kappa shape index (κ2) is 9.42.